The largest absolute Gasteiger partial charge is 0.493 e. The number of amides is 1. The van der Waals surface area contributed by atoms with Crippen molar-refractivity contribution in [3.05, 3.63) is 59.3 Å². The van der Waals surface area contributed by atoms with Crippen LogP contribution in [-0.4, -0.2) is 38.1 Å². The monoisotopic (exact) mass is 458 g/mol. The van der Waals surface area contributed by atoms with Crippen molar-refractivity contribution in [2.45, 2.75) is 26.2 Å². The Kier molecular flexibility index (Phi) is 5.40. The Morgan fingerprint density at radius 1 is 1.12 bits per heavy atom. The number of hydrogen-bond acceptors (Lipinski definition) is 5. The van der Waals surface area contributed by atoms with Gasteiger partial charge in [0.15, 0.2) is 11.5 Å². The van der Waals surface area contributed by atoms with Crippen LogP contribution in [0.15, 0.2) is 42.5 Å². The SMILES string of the molecule is CCC1CN(C(=O)c2cc3cc(C)c(OC)c(OC)c3[nH]2)c2cc(OC=O)c3ccccc3c21. The molecule has 0 bridgehead atoms. The highest BCUT2D eigenvalue weighted by Crippen LogP contribution is 2.47. The molecule has 1 aliphatic rings. The Morgan fingerprint density at radius 3 is 2.53 bits per heavy atom. The lowest BCUT2D eigenvalue weighted by Crippen LogP contribution is -2.30. The van der Waals surface area contributed by atoms with Gasteiger partial charge in [-0.3, -0.25) is 9.59 Å². The third-order valence-corrected chi connectivity index (χ3v) is 6.69. The van der Waals surface area contributed by atoms with E-state index in [-0.39, 0.29) is 11.8 Å². The Morgan fingerprint density at radius 2 is 1.85 bits per heavy atom. The molecule has 3 aromatic carbocycles. The van der Waals surface area contributed by atoms with Crippen molar-refractivity contribution >= 4 is 39.7 Å². The number of benzene rings is 3. The molecule has 0 saturated carbocycles. The van der Waals surface area contributed by atoms with Crippen LogP contribution in [0.2, 0.25) is 0 Å². The number of aryl methyl sites for hydroxylation is 1. The predicted octanol–water partition coefficient (Wildman–Crippen LogP) is 5.34. The van der Waals surface area contributed by atoms with Crippen LogP contribution in [0.1, 0.15) is 40.9 Å². The normalized spacial score (nSPS) is 14.9. The highest BCUT2D eigenvalue weighted by atomic mass is 16.5. The molecule has 1 aromatic heterocycles. The number of carbonyl (C=O) groups is 2. The minimum absolute atomic E-state index is 0.153. The first-order chi connectivity index (χ1) is 16.5. The molecule has 1 N–H and O–H groups in total. The summed E-state index contributed by atoms with van der Waals surface area (Å²) in [5.41, 5.74) is 3.96. The first kappa shape index (κ1) is 21.8. The van der Waals surface area contributed by atoms with Gasteiger partial charge in [0.05, 0.1) is 25.4 Å². The van der Waals surface area contributed by atoms with Crippen molar-refractivity contribution in [2.75, 3.05) is 25.7 Å². The van der Waals surface area contributed by atoms with Crippen LogP contribution in [-0.2, 0) is 4.79 Å². The molecule has 0 aliphatic carbocycles. The van der Waals surface area contributed by atoms with E-state index in [0.717, 1.165) is 39.4 Å². The first-order valence-electron chi connectivity index (χ1n) is 11.2. The van der Waals surface area contributed by atoms with Crippen molar-refractivity contribution in [2.24, 2.45) is 0 Å². The number of rotatable bonds is 6. The summed E-state index contributed by atoms with van der Waals surface area (Å²) in [6.45, 7) is 5.04. The standard InChI is InChI=1S/C27H26N2O5/c1-5-16-13-29(21-12-22(34-14-30)18-8-6-7-9-19(18)23(16)21)27(31)20-11-17-10-15(2)25(32-3)26(33-4)24(17)28-20/h6-12,14,16,28H,5,13H2,1-4H3. The van der Waals surface area contributed by atoms with E-state index in [1.807, 2.05) is 43.3 Å². The molecular formula is C27H26N2O5. The summed E-state index contributed by atoms with van der Waals surface area (Å²) in [6, 6.07) is 13.5. The fourth-order valence-corrected chi connectivity index (χ4v) is 5.16. The van der Waals surface area contributed by atoms with Crippen molar-refractivity contribution < 1.29 is 23.8 Å². The number of carbonyl (C=O) groups excluding carboxylic acids is 2. The zero-order valence-corrected chi connectivity index (χ0v) is 19.6. The summed E-state index contributed by atoms with van der Waals surface area (Å²) in [6.07, 6.45) is 0.881. The van der Waals surface area contributed by atoms with Crippen molar-refractivity contribution in [3.8, 4) is 17.2 Å². The highest BCUT2D eigenvalue weighted by Gasteiger charge is 2.35. The molecular weight excluding hydrogens is 432 g/mol. The van der Waals surface area contributed by atoms with Crippen LogP contribution in [0.3, 0.4) is 0 Å². The number of aromatic nitrogens is 1. The molecule has 0 spiro atoms. The van der Waals surface area contributed by atoms with Crippen molar-refractivity contribution in [3.63, 3.8) is 0 Å². The number of nitrogens with zero attached hydrogens (tertiary/aromatic N) is 1. The van der Waals surface area contributed by atoms with Gasteiger partial charge < -0.3 is 24.1 Å². The van der Waals surface area contributed by atoms with Gasteiger partial charge in [0.1, 0.15) is 11.4 Å². The maximum absolute atomic E-state index is 13.8. The fourth-order valence-electron chi connectivity index (χ4n) is 5.16. The van der Waals surface area contributed by atoms with Gasteiger partial charge >= 0.3 is 0 Å². The van der Waals surface area contributed by atoms with E-state index in [1.54, 1.807) is 25.2 Å². The number of hydrogen-bond donors (Lipinski definition) is 1. The summed E-state index contributed by atoms with van der Waals surface area (Å²) >= 11 is 0. The molecule has 0 fully saturated rings. The molecule has 7 nitrogen and oxygen atoms in total. The molecule has 1 aliphatic heterocycles. The van der Waals surface area contributed by atoms with Crippen LogP contribution in [0.5, 0.6) is 17.2 Å². The van der Waals surface area contributed by atoms with Crippen LogP contribution < -0.4 is 19.1 Å². The molecule has 0 radical (unpaired) electrons. The molecule has 5 rings (SSSR count). The summed E-state index contributed by atoms with van der Waals surface area (Å²) in [5.74, 6) is 1.67. The fraction of sp³-hybridized carbons (Fsp3) is 0.259. The van der Waals surface area contributed by atoms with Gasteiger partial charge in [-0.15, -0.1) is 0 Å². The number of ether oxygens (including phenoxy) is 3. The zero-order valence-electron chi connectivity index (χ0n) is 19.6. The average Bonchev–Trinajstić information content (AvgIpc) is 3.44. The second-order valence-electron chi connectivity index (χ2n) is 8.50. The number of aromatic amines is 1. The highest BCUT2D eigenvalue weighted by molar-refractivity contribution is 6.12. The summed E-state index contributed by atoms with van der Waals surface area (Å²) in [7, 11) is 3.18. The molecule has 4 aromatic rings. The maximum Gasteiger partial charge on any atom is 0.298 e. The molecule has 7 heteroatoms. The molecule has 1 unspecified atom stereocenters. The first-order valence-corrected chi connectivity index (χ1v) is 11.2. The van der Waals surface area contributed by atoms with Gasteiger partial charge in [-0.05, 0) is 42.0 Å². The van der Waals surface area contributed by atoms with Gasteiger partial charge in [0, 0.05) is 29.3 Å². The van der Waals surface area contributed by atoms with Crippen LogP contribution in [0.4, 0.5) is 5.69 Å². The second kappa shape index (κ2) is 8.41. The van der Waals surface area contributed by atoms with Gasteiger partial charge in [-0.2, -0.15) is 0 Å². The van der Waals surface area contributed by atoms with E-state index in [1.165, 1.54) is 0 Å². The Hall–Kier alpha value is -4.00. The van der Waals surface area contributed by atoms with Gasteiger partial charge in [0.2, 0.25) is 0 Å². The molecule has 1 atom stereocenters. The lowest BCUT2D eigenvalue weighted by atomic mass is 9.93. The quantitative estimate of drug-likeness (QED) is 0.395. The lowest BCUT2D eigenvalue weighted by molar-refractivity contribution is -0.120. The second-order valence-corrected chi connectivity index (χ2v) is 8.50. The maximum atomic E-state index is 13.8. The molecule has 174 valence electrons. The third kappa shape index (κ3) is 3.19. The molecule has 34 heavy (non-hydrogen) atoms. The van der Waals surface area contributed by atoms with E-state index >= 15 is 0 Å². The van der Waals surface area contributed by atoms with Gasteiger partial charge in [0.25, 0.3) is 12.4 Å². The molecule has 2 heterocycles. The minimum Gasteiger partial charge on any atom is -0.493 e. The number of H-pyrrole nitrogens is 1. The summed E-state index contributed by atoms with van der Waals surface area (Å²) in [4.78, 5) is 30.0. The van der Waals surface area contributed by atoms with E-state index in [9.17, 15) is 9.59 Å². The predicted molar refractivity (Wildman–Crippen MR) is 131 cm³/mol. The van der Waals surface area contributed by atoms with E-state index in [2.05, 4.69) is 11.9 Å². The Labute approximate surface area is 197 Å². The number of anilines is 1. The van der Waals surface area contributed by atoms with Gasteiger partial charge in [-0.25, -0.2) is 0 Å². The van der Waals surface area contributed by atoms with E-state index < -0.39 is 0 Å². The van der Waals surface area contributed by atoms with Crippen LogP contribution >= 0.6 is 0 Å². The van der Waals surface area contributed by atoms with Crippen LogP contribution in [0.25, 0.3) is 21.7 Å². The Balaban J connectivity index is 1.66. The summed E-state index contributed by atoms with van der Waals surface area (Å²) in [5, 5.41) is 2.73. The zero-order chi connectivity index (χ0) is 24.0. The average molecular weight is 459 g/mol. The molecule has 0 saturated heterocycles. The van der Waals surface area contributed by atoms with Crippen molar-refractivity contribution in [1.82, 2.24) is 4.98 Å². The summed E-state index contributed by atoms with van der Waals surface area (Å²) < 4.78 is 16.4. The smallest absolute Gasteiger partial charge is 0.298 e. The minimum atomic E-state index is -0.153. The molecule has 1 amide bonds. The Bertz CT molecular complexity index is 1440. The topological polar surface area (TPSA) is 80.9 Å². The van der Waals surface area contributed by atoms with E-state index in [0.29, 0.717) is 41.5 Å². The van der Waals surface area contributed by atoms with Crippen LogP contribution in [0, 0.1) is 6.92 Å². The number of nitrogens with one attached hydrogen (secondary N) is 1. The van der Waals surface area contributed by atoms with Crippen molar-refractivity contribution in [1.29, 1.82) is 0 Å². The number of fused-ring (bicyclic) bond motifs is 4. The lowest BCUT2D eigenvalue weighted by Gasteiger charge is -2.18. The van der Waals surface area contributed by atoms with E-state index in [4.69, 9.17) is 14.2 Å². The third-order valence-electron chi connectivity index (χ3n) is 6.69. The number of methoxy groups -OCH3 is 2. The van der Waals surface area contributed by atoms with Gasteiger partial charge in [-0.1, -0.05) is 31.2 Å².